The number of aliphatic imine (C=N–C) groups is 1. The van der Waals surface area contributed by atoms with Gasteiger partial charge in [-0.05, 0) is 49.7 Å². The molecule has 1 aliphatic rings. The van der Waals surface area contributed by atoms with Crippen LogP contribution >= 0.6 is 11.3 Å². The number of carbonyl (C=O) groups is 2. The van der Waals surface area contributed by atoms with E-state index in [9.17, 15) is 9.59 Å². The first-order valence-corrected chi connectivity index (χ1v) is 9.88. The van der Waals surface area contributed by atoms with Crippen LogP contribution in [-0.4, -0.2) is 35.0 Å². The summed E-state index contributed by atoms with van der Waals surface area (Å²) in [5.74, 6) is 5.86. The second-order valence-corrected chi connectivity index (χ2v) is 8.29. The number of nitrogens with one attached hydrogen (secondary N) is 1. The number of rotatable bonds is 1. The predicted octanol–water partition coefficient (Wildman–Crippen LogP) is 4.13. The topological polar surface area (TPSA) is 82.0 Å². The lowest BCUT2D eigenvalue weighted by molar-refractivity contribution is -0.129. The number of guanidine groups is 1. The normalized spacial score (nSPS) is 20.6. The number of carboxylic acid groups (broad SMARTS) is 1. The molecule has 7 heteroatoms. The SMILES string of the molecule is CC#Cc1ccc2sc3ccc(C4(C)CC(=O)N(C)C(=NC(=O)O)N4)cc3c2c1. The molecule has 1 atom stereocenters. The molecule has 0 bridgehead atoms. The van der Waals surface area contributed by atoms with Crippen molar-refractivity contribution in [1.29, 1.82) is 0 Å². The Labute approximate surface area is 171 Å². The minimum atomic E-state index is -1.35. The molecular formula is C22H19N3O3S. The van der Waals surface area contributed by atoms with Crippen LogP contribution in [0.4, 0.5) is 4.79 Å². The number of nitrogens with zero attached hydrogens (tertiary/aromatic N) is 2. The fraction of sp³-hybridized carbons (Fsp3) is 0.227. The molecule has 1 fully saturated rings. The van der Waals surface area contributed by atoms with Gasteiger partial charge in [-0.3, -0.25) is 9.69 Å². The zero-order valence-electron chi connectivity index (χ0n) is 16.2. The highest BCUT2D eigenvalue weighted by Crippen LogP contribution is 2.38. The van der Waals surface area contributed by atoms with E-state index < -0.39 is 11.6 Å². The van der Waals surface area contributed by atoms with E-state index in [0.717, 1.165) is 26.6 Å². The van der Waals surface area contributed by atoms with Gasteiger partial charge in [-0.2, -0.15) is 0 Å². The van der Waals surface area contributed by atoms with Gasteiger partial charge >= 0.3 is 6.09 Å². The van der Waals surface area contributed by atoms with Gasteiger partial charge in [0.25, 0.3) is 0 Å². The molecule has 2 aromatic carbocycles. The molecule has 29 heavy (non-hydrogen) atoms. The third-order valence-corrected chi connectivity index (χ3v) is 6.31. The summed E-state index contributed by atoms with van der Waals surface area (Å²) in [5.41, 5.74) is 1.09. The van der Waals surface area contributed by atoms with Crippen molar-refractivity contribution < 1.29 is 14.7 Å². The minimum Gasteiger partial charge on any atom is -0.463 e. The second-order valence-electron chi connectivity index (χ2n) is 7.20. The first kappa shape index (κ1) is 19.0. The smallest absolute Gasteiger partial charge is 0.434 e. The van der Waals surface area contributed by atoms with Crippen molar-refractivity contribution in [2.75, 3.05) is 7.05 Å². The standard InChI is InChI=1S/C22H19N3O3S/c1-4-5-13-6-8-17-15(10-13)16-11-14(7-9-18(16)29-17)22(2)12-19(26)25(3)20(24-22)23-21(27)28/h6-11H,12H2,1-3H3,(H,23,24)(H,27,28). The molecule has 0 radical (unpaired) electrons. The van der Waals surface area contributed by atoms with Crippen LogP contribution in [0.5, 0.6) is 0 Å². The van der Waals surface area contributed by atoms with E-state index in [1.54, 1.807) is 11.3 Å². The van der Waals surface area contributed by atoms with Crippen molar-refractivity contribution in [3.05, 3.63) is 47.5 Å². The van der Waals surface area contributed by atoms with E-state index in [-0.39, 0.29) is 18.3 Å². The molecule has 1 unspecified atom stereocenters. The molecule has 6 nitrogen and oxygen atoms in total. The monoisotopic (exact) mass is 405 g/mol. The Morgan fingerprint density at radius 1 is 1.24 bits per heavy atom. The summed E-state index contributed by atoms with van der Waals surface area (Å²) in [6.07, 6.45) is -1.15. The largest absolute Gasteiger partial charge is 0.463 e. The highest BCUT2D eigenvalue weighted by Gasteiger charge is 2.39. The number of hydrogen-bond acceptors (Lipinski definition) is 3. The molecule has 1 aliphatic heterocycles. The van der Waals surface area contributed by atoms with Gasteiger partial charge in [-0.15, -0.1) is 22.2 Å². The molecule has 1 aromatic heterocycles. The molecule has 0 saturated carbocycles. The maximum Gasteiger partial charge on any atom is 0.434 e. The number of thiophene rings is 1. The Balaban J connectivity index is 1.85. The summed E-state index contributed by atoms with van der Waals surface area (Å²) in [6.45, 7) is 3.70. The van der Waals surface area contributed by atoms with E-state index in [1.807, 2.05) is 32.0 Å². The molecule has 0 spiro atoms. The van der Waals surface area contributed by atoms with E-state index in [1.165, 1.54) is 16.6 Å². The average Bonchev–Trinajstić information content (AvgIpc) is 3.03. The van der Waals surface area contributed by atoms with E-state index >= 15 is 0 Å². The highest BCUT2D eigenvalue weighted by molar-refractivity contribution is 7.25. The third kappa shape index (κ3) is 3.32. The highest BCUT2D eigenvalue weighted by atomic mass is 32.1. The predicted molar refractivity (Wildman–Crippen MR) is 115 cm³/mol. The summed E-state index contributed by atoms with van der Waals surface area (Å²) >= 11 is 1.71. The molecular weight excluding hydrogens is 386 g/mol. The van der Waals surface area contributed by atoms with Crippen molar-refractivity contribution in [3.63, 3.8) is 0 Å². The van der Waals surface area contributed by atoms with E-state index in [2.05, 4.69) is 40.3 Å². The Bertz CT molecular complexity index is 1260. The first-order chi connectivity index (χ1) is 13.8. The van der Waals surface area contributed by atoms with E-state index in [0.29, 0.717) is 0 Å². The maximum atomic E-state index is 12.5. The summed E-state index contributed by atoms with van der Waals surface area (Å²) in [6, 6.07) is 12.3. The Hall–Kier alpha value is -3.37. The van der Waals surface area contributed by atoms with Gasteiger partial charge in [0.2, 0.25) is 11.9 Å². The minimum absolute atomic E-state index is 0.0343. The lowest BCUT2D eigenvalue weighted by Gasteiger charge is -2.40. The molecule has 0 aliphatic carbocycles. The zero-order chi connectivity index (χ0) is 20.8. The van der Waals surface area contributed by atoms with E-state index in [4.69, 9.17) is 5.11 Å². The summed E-state index contributed by atoms with van der Waals surface area (Å²) in [7, 11) is 1.52. The average molecular weight is 405 g/mol. The van der Waals surface area contributed by atoms with Gasteiger partial charge in [0.15, 0.2) is 0 Å². The van der Waals surface area contributed by atoms with Crippen LogP contribution in [-0.2, 0) is 10.3 Å². The molecule has 1 saturated heterocycles. The maximum absolute atomic E-state index is 12.5. The van der Waals surface area contributed by atoms with Crippen LogP contribution in [0.3, 0.4) is 0 Å². The Morgan fingerprint density at radius 3 is 2.62 bits per heavy atom. The number of carbonyl (C=O) groups excluding carboxylic acids is 1. The Kier molecular flexibility index (Phi) is 4.52. The van der Waals surface area contributed by atoms with Crippen LogP contribution in [0.2, 0.25) is 0 Å². The lowest BCUT2D eigenvalue weighted by atomic mass is 9.86. The second kappa shape index (κ2) is 6.90. The van der Waals surface area contributed by atoms with Crippen LogP contribution in [0.1, 0.15) is 31.4 Å². The van der Waals surface area contributed by atoms with Gasteiger partial charge in [0.05, 0.1) is 12.0 Å². The lowest BCUT2D eigenvalue weighted by Crippen LogP contribution is -2.58. The molecule has 3 aromatic rings. The molecule has 4 rings (SSSR count). The van der Waals surface area contributed by atoms with Gasteiger partial charge in [-0.25, -0.2) is 4.79 Å². The number of benzene rings is 2. The number of fused-ring (bicyclic) bond motifs is 3. The first-order valence-electron chi connectivity index (χ1n) is 9.06. The molecule has 2 heterocycles. The van der Waals surface area contributed by atoms with Gasteiger partial charge in [0.1, 0.15) is 0 Å². The fourth-order valence-electron chi connectivity index (χ4n) is 3.62. The van der Waals surface area contributed by atoms with Crippen molar-refractivity contribution >= 4 is 49.5 Å². The summed E-state index contributed by atoms with van der Waals surface area (Å²) in [5, 5.41) is 14.4. The van der Waals surface area contributed by atoms with Crippen LogP contribution in [0.15, 0.2) is 41.4 Å². The van der Waals surface area contributed by atoms with Gasteiger partial charge in [-0.1, -0.05) is 12.0 Å². The van der Waals surface area contributed by atoms with Crippen LogP contribution in [0, 0.1) is 11.8 Å². The fourth-order valence-corrected chi connectivity index (χ4v) is 4.69. The van der Waals surface area contributed by atoms with Gasteiger partial charge in [0, 0.05) is 32.8 Å². The Morgan fingerprint density at radius 2 is 1.93 bits per heavy atom. The van der Waals surface area contributed by atoms with Crippen LogP contribution < -0.4 is 5.32 Å². The van der Waals surface area contributed by atoms with Crippen molar-refractivity contribution in [2.24, 2.45) is 4.99 Å². The van der Waals surface area contributed by atoms with Crippen molar-refractivity contribution in [1.82, 2.24) is 10.2 Å². The van der Waals surface area contributed by atoms with Crippen LogP contribution in [0.25, 0.3) is 20.2 Å². The molecule has 2 amide bonds. The van der Waals surface area contributed by atoms with Crippen molar-refractivity contribution in [2.45, 2.75) is 25.8 Å². The van der Waals surface area contributed by atoms with Crippen molar-refractivity contribution in [3.8, 4) is 11.8 Å². The third-order valence-electron chi connectivity index (χ3n) is 5.16. The summed E-state index contributed by atoms with van der Waals surface area (Å²) < 4.78 is 2.32. The summed E-state index contributed by atoms with van der Waals surface area (Å²) in [4.78, 5) is 28.4. The number of amides is 2. The van der Waals surface area contributed by atoms with Gasteiger partial charge < -0.3 is 10.4 Å². The zero-order valence-corrected chi connectivity index (χ0v) is 17.1. The quantitative estimate of drug-likeness (QED) is 0.597. The number of hydrogen-bond donors (Lipinski definition) is 2. The molecule has 2 N–H and O–H groups in total. The molecule has 146 valence electrons.